The van der Waals surface area contributed by atoms with Crippen LogP contribution in [-0.4, -0.2) is 65.1 Å². The Labute approximate surface area is 170 Å². The molecule has 0 aliphatic carbocycles. The normalized spacial score (nSPS) is 15.6. The van der Waals surface area contributed by atoms with Crippen LogP contribution >= 0.6 is 0 Å². The Balaban J connectivity index is 1.91. The SMILES string of the molecule is N=C(c1c(C(O)CO)ccnc1Nc1ccc(OC(F)(F)F)cc1)N1CCNCC1. The van der Waals surface area contributed by atoms with E-state index in [2.05, 4.69) is 20.4 Å². The minimum Gasteiger partial charge on any atom is -0.406 e. The van der Waals surface area contributed by atoms with Gasteiger partial charge in [-0.15, -0.1) is 13.2 Å². The summed E-state index contributed by atoms with van der Waals surface area (Å²) in [4.78, 5) is 6.08. The first-order valence-electron chi connectivity index (χ1n) is 9.23. The zero-order chi connectivity index (χ0) is 21.7. The molecule has 2 aromatic rings. The van der Waals surface area contributed by atoms with Crippen molar-refractivity contribution >= 4 is 17.3 Å². The molecule has 1 unspecified atom stereocenters. The molecular formula is C19H22F3N5O3. The number of hydrogen-bond acceptors (Lipinski definition) is 7. The molecule has 1 aliphatic rings. The van der Waals surface area contributed by atoms with E-state index in [0.717, 1.165) is 12.1 Å². The Morgan fingerprint density at radius 3 is 2.50 bits per heavy atom. The van der Waals surface area contributed by atoms with E-state index >= 15 is 0 Å². The van der Waals surface area contributed by atoms with Crippen molar-refractivity contribution < 1.29 is 28.1 Å². The number of amidine groups is 1. The van der Waals surface area contributed by atoms with Gasteiger partial charge in [-0.1, -0.05) is 0 Å². The van der Waals surface area contributed by atoms with Crippen molar-refractivity contribution in [3.05, 3.63) is 47.7 Å². The zero-order valence-corrected chi connectivity index (χ0v) is 15.9. The molecule has 1 aromatic heterocycles. The van der Waals surface area contributed by atoms with Crippen molar-refractivity contribution in [1.82, 2.24) is 15.2 Å². The van der Waals surface area contributed by atoms with Gasteiger partial charge in [-0.05, 0) is 35.9 Å². The van der Waals surface area contributed by atoms with Gasteiger partial charge in [-0.3, -0.25) is 5.41 Å². The minimum atomic E-state index is -4.78. The molecule has 1 aromatic carbocycles. The molecule has 1 atom stereocenters. The number of ether oxygens (including phenoxy) is 1. The van der Waals surface area contributed by atoms with Gasteiger partial charge in [0.25, 0.3) is 0 Å². The summed E-state index contributed by atoms with van der Waals surface area (Å²) in [5, 5.41) is 34.5. The number of nitrogens with zero attached hydrogens (tertiary/aromatic N) is 2. The number of nitrogens with one attached hydrogen (secondary N) is 3. The monoisotopic (exact) mass is 425 g/mol. The van der Waals surface area contributed by atoms with Gasteiger partial charge in [0.05, 0.1) is 12.2 Å². The molecule has 30 heavy (non-hydrogen) atoms. The summed E-state index contributed by atoms with van der Waals surface area (Å²) in [6.45, 7) is 2.04. The van der Waals surface area contributed by atoms with Crippen LogP contribution in [0.1, 0.15) is 17.2 Å². The molecule has 0 spiro atoms. The molecule has 0 saturated carbocycles. The molecule has 1 saturated heterocycles. The van der Waals surface area contributed by atoms with Crippen molar-refractivity contribution in [2.75, 3.05) is 38.1 Å². The molecule has 0 radical (unpaired) electrons. The van der Waals surface area contributed by atoms with E-state index in [9.17, 15) is 23.4 Å². The van der Waals surface area contributed by atoms with Crippen LogP contribution in [-0.2, 0) is 0 Å². The summed E-state index contributed by atoms with van der Waals surface area (Å²) in [5.41, 5.74) is 1.06. The number of aliphatic hydroxyl groups excluding tert-OH is 2. The lowest BCUT2D eigenvalue weighted by molar-refractivity contribution is -0.274. The highest BCUT2D eigenvalue weighted by Crippen LogP contribution is 2.29. The quantitative estimate of drug-likeness (QED) is 0.355. The van der Waals surface area contributed by atoms with E-state index in [0.29, 0.717) is 43.0 Å². The van der Waals surface area contributed by atoms with Gasteiger partial charge in [0.2, 0.25) is 0 Å². The third-order valence-corrected chi connectivity index (χ3v) is 4.54. The number of anilines is 2. The van der Waals surface area contributed by atoms with Crippen molar-refractivity contribution in [2.24, 2.45) is 0 Å². The lowest BCUT2D eigenvalue weighted by Crippen LogP contribution is -2.46. The summed E-state index contributed by atoms with van der Waals surface area (Å²) in [5.74, 6) is 0.0129. The van der Waals surface area contributed by atoms with E-state index in [4.69, 9.17) is 5.41 Å². The van der Waals surface area contributed by atoms with Crippen LogP contribution in [0.4, 0.5) is 24.7 Å². The standard InChI is InChI=1S/C19H22F3N5O3/c20-19(21,22)30-13-3-1-12(2-4-13)26-18-16(14(5-6-25-18)15(29)11-28)17(23)27-9-7-24-8-10-27/h1-6,15,23-24,28-29H,7-11H2,(H,25,26). The average Bonchev–Trinajstić information content (AvgIpc) is 2.73. The number of alkyl halides is 3. The Bertz CT molecular complexity index is 871. The summed E-state index contributed by atoms with van der Waals surface area (Å²) >= 11 is 0. The summed E-state index contributed by atoms with van der Waals surface area (Å²) < 4.78 is 40.9. The van der Waals surface area contributed by atoms with Gasteiger partial charge in [-0.25, -0.2) is 4.98 Å². The van der Waals surface area contributed by atoms with Gasteiger partial charge >= 0.3 is 6.36 Å². The molecule has 0 amide bonds. The highest BCUT2D eigenvalue weighted by molar-refractivity contribution is 6.02. The van der Waals surface area contributed by atoms with Gasteiger partial charge in [0.1, 0.15) is 23.5 Å². The van der Waals surface area contributed by atoms with Gasteiger partial charge in [-0.2, -0.15) is 0 Å². The highest BCUT2D eigenvalue weighted by atomic mass is 19.4. The molecular weight excluding hydrogens is 403 g/mol. The molecule has 1 fully saturated rings. The second kappa shape index (κ2) is 9.28. The number of hydrogen-bond donors (Lipinski definition) is 5. The minimum absolute atomic E-state index is 0.131. The first kappa shape index (κ1) is 21.8. The summed E-state index contributed by atoms with van der Waals surface area (Å²) in [7, 11) is 0. The Kier molecular flexibility index (Phi) is 6.75. The van der Waals surface area contributed by atoms with Gasteiger partial charge in [0.15, 0.2) is 0 Å². The molecule has 5 N–H and O–H groups in total. The number of aromatic nitrogens is 1. The number of piperazine rings is 1. The number of halogens is 3. The third kappa shape index (κ3) is 5.38. The predicted molar refractivity (Wildman–Crippen MR) is 104 cm³/mol. The largest absolute Gasteiger partial charge is 0.573 e. The molecule has 0 bridgehead atoms. The van der Waals surface area contributed by atoms with E-state index in [1.54, 1.807) is 0 Å². The fraction of sp³-hybridized carbons (Fsp3) is 0.368. The molecule has 1 aliphatic heterocycles. The first-order chi connectivity index (χ1) is 14.3. The smallest absolute Gasteiger partial charge is 0.406 e. The lowest BCUT2D eigenvalue weighted by Gasteiger charge is -2.31. The van der Waals surface area contributed by atoms with Gasteiger partial charge in [0, 0.05) is 38.1 Å². The lowest BCUT2D eigenvalue weighted by atomic mass is 10.0. The van der Waals surface area contributed by atoms with Crippen LogP contribution in [0.3, 0.4) is 0 Å². The maximum absolute atomic E-state index is 12.3. The van der Waals surface area contributed by atoms with Crippen LogP contribution in [0.5, 0.6) is 5.75 Å². The Hall–Kier alpha value is -2.89. The first-order valence-corrected chi connectivity index (χ1v) is 9.23. The van der Waals surface area contributed by atoms with E-state index < -0.39 is 19.1 Å². The van der Waals surface area contributed by atoms with Gasteiger partial charge < -0.3 is 30.5 Å². The van der Waals surface area contributed by atoms with Crippen LogP contribution in [0, 0.1) is 5.41 Å². The fourth-order valence-corrected chi connectivity index (χ4v) is 3.12. The van der Waals surface area contributed by atoms with Crippen molar-refractivity contribution in [1.29, 1.82) is 5.41 Å². The van der Waals surface area contributed by atoms with Crippen molar-refractivity contribution in [3.63, 3.8) is 0 Å². The maximum atomic E-state index is 12.3. The van der Waals surface area contributed by atoms with Crippen LogP contribution in [0.2, 0.25) is 0 Å². The number of benzene rings is 1. The average molecular weight is 425 g/mol. The molecule has 2 heterocycles. The molecule has 3 rings (SSSR count). The van der Waals surface area contributed by atoms with Crippen molar-refractivity contribution in [3.8, 4) is 5.75 Å². The number of aliphatic hydroxyl groups is 2. The second-order valence-corrected chi connectivity index (χ2v) is 6.60. The Morgan fingerprint density at radius 2 is 1.90 bits per heavy atom. The molecule has 11 heteroatoms. The number of rotatable bonds is 6. The zero-order valence-electron chi connectivity index (χ0n) is 15.9. The summed E-state index contributed by atoms with van der Waals surface area (Å²) in [6.07, 6.45) is -4.57. The fourth-order valence-electron chi connectivity index (χ4n) is 3.12. The van der Waals surface area contributed by atoms with Crippen LogP contribution in [0.25, 0.3) is 0 Å². The van der Waals surface area contributed by atoms with Crippen molar-refractivity contribution in [2.45, 2.75) is 12.5 Å². The third-order valence-electron chi connectivity index (χ3n) is 4.54. The highest BCUT2D eigenvalue weighted by Gasteiger charge is 2.31. The predicted octanol–water partition coefficient (Wildman–Crippen LogP) is 1.98. The van der Waals surface area contributed by atoms with E-state index in [-0.39, 0.29) is 17.4 Å². The Morgan fingerprint density at radius 1 is 1.23 bits per heavy atom. The maximum Gasteiger partial charge on any atom is 0.573 e. The van der Waals surface area contributed by atoms with Crippen LogP contribution in [0.15, 0.2) is 36.5 Å². The summed E-state index contributed by atoms with van der Waals surface area (Å²) in [6, 6.07) is 6.61. The molecule has 8 nitrogen and oxygen atoms in total. The second-order valence-electron chi connectivity index (χ2n) is 6.60. The van der Waals surface area contributed by atoms with E-state index in [1.165, 1.54) is 24.4 Å². The topological polar surface area (TPSA) is 114 Å². The number of pyridine rings is 1. The van der Waals surface area contributed by atoms with E-state index in [1.807, 2.05) is 4.90 Å². The van der Waals surface area contributed by atoms with Crippen LogP contribution < -0.4 is 15.4 Å². The molecule has 162 valence electrons.